The monoisotopic (exact) mass is 416 g/mol. The van der Waals surface area contributed by atoms with Crippen LogP contribution in [0.3, 0.4) is 0 Å². The molecule has 4 aromatic rings. The van der Waals surface area contributed by atoms with Gasteiger partial charge in [0.25, 0.3) is 5.91 Å². The van der Waals surface area contributed by atoms with E-state index in [-0.39, 0.29) is 5.91 Å². The first-order valence-electron chi connectivity index (χ1n) is 10.0. The molecule has 6 heteroatoms. The fourth-order valence-corrected chi connectivity index (χ4v) is 3.90. The summed E-state index contributed by atoms with van der Waals surface area (Å²) in [6.07, 6.45) is 2.21. The number of anilines is 1. The van der Waals surface area contributed by atoms with Crippen LogP contribution in [0.4, 0.5) is 5.69 Å². The molecular weight excluding hydrogens is 396 g/mol. The molecule has 1 saturated carbocycles. The number of carbonyl (C=O) groups excluding carboxylic acids is 1. The number of aromatic nitrogens is 3. The SMILES string of the molecule is Cc1ccc(-n2nc(C)c3c(C(=O)Nc4cccc(Cl)c4)cc(C4CC4)nc32)cc1. The Hall–Kier alpha value is -3.18. The molecule has 0 radical (unpaired) electrons. The molecule has 5 rings (SSSR count). The zero-order valence-corrected chi connectivity index (χ0v) is 17.6. The van der Waals surface area contributed by atoms with Gasteiger partial charge < -0.3 is 5.32 Å². The lowest BCUT2D eigenvalue weighted by Crippen LogP contribution is -2.13. The number of nitrogens with one attached hydrogen (secondary N) is 1. The Morgan fingerprint density at radius 3 is 2.57 bits per heavy atom. The Kier molecular flexibility index (Phi) is 4.55. The van der Waals surface area contributed by atoms with Crippen LogP contribution in [0.15, 0.2) is 54.6 Å². The summed E-state index contributed by atoms with van der Waals surface area (Å²) in [6, 6.07) is 17.2. The van der Waals surface area contributed by atoms with E-state index in [9.17, 15) is 4.79 Å². The minimum Gasteiger partial charge on any atom is -0.322 e. The van der Waals surface area contributed by atoms with Crippen LogP contribution in [-0.4, -0.2) is 20.7 Å². The maximum absolute atomic E-state index is 13.3. The molecule has 0 saturated heterocycles. The highest BCUT2D eigenvalue weighted by Gasteiger charge is 2.29. The normalized spacial score (nSPS) is 13.6. The molecule has 1 N–H and O–H groups in total. The number of carbonyl (C=O) groups is 1. The number of fused-ring (bicyclic) bond motifs is 1. The van der Waals surface area contributed by atoms with Crippen LogP contribution >= 0.6 is 11.6 Å². The third kappa shape index (κ3) is 3.46. The predicted octanol–water partition coefficient (Wildman–Crippen LogP) is 5.82. The number of benzene rings is 2. The summed E-state index contributed by atoms with van der Waals surface area (Å²) < 4.78 is 1.84. The van der Waals surface area contributed by atoms with Crippen LogP contribution in [0.2, 0.25) is 5.02 Å². The number of halogens is 1. The summed E-state index contributed by atoms with van der Waals surface area (Å²) in [4.78, 5) is 18.2. The molecule has 0 spiro atoms. The first-order chi connectivity index (χ1) is 14.5. The van der Waals surface area contributed by atoms with Gasteiger partial charge in [-0.3, -0.25) is 4.79 Å². The average molecular weight is 417 g/mol. The Bertz CT molecular complexity index is 1270. The third-order valence-corrected chi connectivity index (χ3v) is 5.67. The Morgan fingerprint density at radius 1 is 1.10 bits per heavy atom. The van der Waals surface area contributed by atoms with E-state index >= 15 is 0 Å². The standard InChI is InChI=1S/C24H21ClN4O/c1-14-6-10-19(11-7-14)29-23-22(15(2)28-29)20(13-21(27-23)16-8-9-16)24(30)26-18-5-3-4-17(25)12-18/h3-7,10-13,16H,8-9H2,1-2H3,(H,26,30). The third-order valence-electron chi connectivity index (χ3n) is 5.43. The molecule has 2 aromatic carbocycles. The van der Waals surface area contributed by atoms with Crippen molar-refractivity contribution in [3.63, 3.8) is 0 Å². The van der Waals surface area contributed by atoms with Crippen molar-refractivity contribution in [1.29, 1.82) is 0 Å². The van der Waals surface area contributed by atoms with E-state index in [0.717, 1.165) is 41.0 Å². The maximum Gasteiger partial charge on any atom is 0.256 e. The molecule has 2 heterocycles. The fourth-order valence-electron chi connectivity index (χ4n) is 3.71. The molecule has 30 heavy (non-hydrogen) atoms. The average Bonchev–Trinajstić information content (AvgIpc) is 3.52. The van der Waals surface area contributed by atoms with Crippen LogP contribution in [-0.2, 0) is 0 Å². The van der Waals surface area contributed by atoms with Crippen molar-refractivity contribution in [2.24, 2.45) is 0 Å². The van der Waals surface area contributed by atoms with Crippen molar-refractivity contribution >= 4 is 34.2 Å². The van der Waals surface area contributed by atoms with Gasteiger partial charge >= 0.3 is 0 Å². The van der Waals surface area contributed by atoms with Crippen LogP contribution < -0.4 is 5.32 Å². The summed E-state index contributed by atoms with van der Waals surface area (Å²) in [6.45, 7) is 3.97. The number of amides is 1. The molecule has 0 bridgehead atoms. The molecule has 1 aliphatic carbocycles. The van der Waals surface area contributed by atoms with Gasteiger partial charge in [0.2, 0.25) is 0 Å². The lowest BCUT2D eigenvalue weighted by Gasteiger charge is -2.10. The molecule has 5 nitrogen and oxygen atoms in total. The summed E-state index contributed by atoms with van der Waals surface area (Å²) in [7, 11) is 0. The summed E-state index contributed by atoms with van der Waals surface area (Å²) >= 11 is 6.08. The van der Waals surface area contributed by atoms with Gasteiger partial charge in [-0.2, -0.15) is 5.10 Å². The zero-order valence-electron chi connectivity index (χ0n) is 16.8. The number of nitrogens with zero attached hydrogens (tertiary/aromatic N) is 3. The van der Waals surface area contributed by atoms with E-state index in [2.05, 4.69) is 24.4 Å². The Morgan fingerprint density at radius 2 is 1.87 bits per heavy atom. The molecule has 1 amide bonds. The molecule has 150 valence electrons. The highest BCUT2D eigenvalue weighted by molar-refractivity contribution is 6.31. The fraction of sp³-hybridized carbons (Fsp3) is 0.208. The molecule has 0 atom stereocenters. The summed E-state index contributed by atoms with van der Waals surface area (Å²) in [5.41, 5.74) is 5.81. The van der Waals surface area contributed by atoms with Crippen molar-refractivity contribution in [2.75, 3.05) is 5.32 Å². The molecule has 0 unspecified atom stereocenters. The van der Waals surface area contributed by atoms with Crippen molar-refractivity contribution < 1.29 is 4.79 Å². The number of hydrogen-bond acceptors (Lipinski definition) is 3. The van der Waals surface area contributed by atoms with E-state index in [1.165, 1.54) is 5.56 Å². The molecular formula is C24H21ClN4O. The van der Waals surface area contributed by atoms with E-state index in [1.54, 1.807) is 12.1 Å². The van der Waals surface area contributed by atoms with E-state index in [4.69, 9.17) is 21.7 Å². The van der Waals surface area contributed by atoms with Crippen LogP contribution in [0, 0.1) is 13.8 Å². The number of rotatable bonds is 4. The second kappa shape index (κ2) is 7.26. The largest absolute Gasteiger partial charge is 0.322 e. The van der Waals surface area contributed by atoms with E-state index < -0.39 is 0 Å². The second-order valence-corrected chi connectivity index (χ2v) is 8.30. The maximum atomic E-state index is 13.3. The van der Waals surface area contributed by atoms with E-state index in [0.29, 0.717) is 22.2 Å². The lowest BCUT2D eigenvalue weighted by atomic mass is 10.1. The van der Waals surface area contributed by atoms with Crippen molar-refractivity contribution in [2.45, 2.75) is 32.6 Å². The zero-order chi connectivity index (χ0) is 20.8. The van der Waals surface area contributed by atoms with Gasteiger partial charge in [0.15, 0.2) is 5.65 Å². The highest BCUT2D eigenvalue weighted by Crippen LogP contribution is 2.40. The summed E-state index contributed by atoms with van der Waals surface area (Å²) in [5, 5.41) is 9.06. The lowest BCUT2D eigenvalue weighted by molar-refractivity contribution is 0.102. The summed E-state index contributed by atoms with van der Waals surface area (Å²) in [5.74, 6) is 0.229. The van der Waals surface area contributed by atoms with Crippen molar-refractivity contribution in [1.82, 2.24) is 14.8 Å². The smallest absolute Gasteiger partial charge is 0.256 e. The molecule has 0 aliphatic heterocycles. The van der Waals surface area contributed by atoms with Crippen LogP contribution in [0.5, 0.6) is 0 Å². The van der Waals surface area contributed by atoms with Gasteiger partial charge in [-0.05, 0) is 63.1 Å². The van der Waals surface area contributed by atoms with Crippen molar-refractivity contribution in [3.8, 4) is 5.69 Å². The van der Waals surface area contributed by atoms with Crippen LogP contribution in [0.1, 0.15) is 46.1 Å². The number of pyridine rings is 1. The minimum absolute atomic E-state index is 0.182. The Balaban J connectivity index is 1.65. The second-order valence-electron chi connectivity index (χ2n) is 7.86. The topological polar surface area (TPSA) is 59.8 Å². The number of aryl methyl sites for hydroxylation is 2. The first kappa shape index (κ1) is 18.8. The predicted molar refractivity (Wildman–Crippen MR) is 120 cm³/mol. The van der Waals surface area contributed by atoms with E-state index in [1.807, 2.05) is 41.9 Å². The highest BCUT2D eigenvalue weighted by atomic mass is 35.5. The quantitative estimate of drug-likeness (QED) is 0.456. The minimum atomic E-state index is -0.182. The van der Waals surface area contributed by atoms with Gasteiger partial charge in [0.05, 0.1) is 22.3 Å². The van der Waals surface area contributed by atoms with Crippen molar-refractivity contribution in [3.05, 3.63) is 82.1 Å². The molecule has 2 aromatic heterocycles. The Labute approximate surface area is 179 Å². The molecule has 1 fully saturated rings. The van der Waals surface area contributed by atoms with Crippen LogP contribution in [0.25, 0.3) is 16.7 Å². The van der Waals surface area contributed by atoms with Gasteiger partial charge in [-0.15, -0.1) is 0 Å². The number of hydrogen-bond donors (Lipinski definition) is 1. The molecule has 1 aliphatic rings. The first-order valence-corrected chi connectivity index (χ1v) is 10.4. The van der Waals surface area contributed by atoms with Gasteiger partial charge in [0.1, 0.15) is 0 Å². The van der Waals surface area contributed by atoms with Gasteiger partial charge in [-0.25, -0.2) is 9.67 Å². The van der Waals surface area contributed by atoms with Gasteiger partial charge in [-0.1, -0.05) is 35.4 Å². The van der Waals surface area contributed by atoms with Gasteiger partial charge in [0, 0.05) is 22.3 Å².